The fourth-order valence-corrected chi connectivity index (χ4v) is 3.43. The Labute approximate surface area is 181 Å². The molecule has 0 N–H and O–H groups in total. The van der Waals surface area contributed by atoms with Crippen LogP contribution in [0.1, 0.15) is 26.7 Å². The van der Waals surface area contributed by atoms with E-state index in [0.717, 1.165) is 9.91 Å². The number of imide groups is 1. The van der Waals surface area contributed by atoms with Gasteiger partial charge in [0.2, 0.25) is 17.4 Å². The minimum absolute atomic E-state index is 0.0193. The maximum absolute atomic E-state index is 12.6. The molecule has 0 saturated heterocycles. The molecule has 9 nitrogen and oxygen atoms in total. The summed E-state index contributed by atoms with van der Waals surface area (Å²) < 4.78 is 5.59. The molecular weight excluding hydrogens is 435 g/mol. The van der Waals surface area contributed by atoms with Crippen LogP contribution < -0.4 is 9.75 Å². The number of carbonyl (C=O) groups is 4. The average Bonchev–Trinajstić information content (AvgIpc) is 2.66. The second kappa shape index (κ2) is 8.26. The summed E-state index contributed by atoms with van der Waals surface area (Å²) in [5.74, 6) is -2.46. The van der Waals surface area contributed by atoms with Crippen molar-refractivity contribution >= 4 is 58.1 Å². The number of hydrogen-bond donors (Lipinski definition) is 0. The summed E-state index contributed by atoms with van der Waals surface area (Å²) in [5, 5.41) is 13.5. The van der Waals surface area contributed by atoms with Crippen molar-refractivity contribution in [2.24, 2.45) is 5.10 Å². The standard InChI is InChI=1S/C19H14Cl2N4O5/c1-9(2)24-16(27)4-3-15(19(24)29)30-18-11(20)5-10(6-12(18)21)25-17(28)7-14(26)13(8-22)23-25/h3,5-6,9H,4,7H2,1-2H3. The van der Waals surface area contributed by atoms with Gasteiger partial charge in [0.15, 0.2) is 11.5 Å². The molecule has 0 saturated carbocycles. The van der Waals surface area contributed by atoms with Crippen molar-refractivity contribution in [3.05, 3.63) is 34.0 Å². The van der Waals surface area contributed by atoms with Crippen molar-refractivity contribution in [2.45, 2.75) is 32.7 Å². The molecule has 2 aliphatic rings. The van der Waals surface area contributed by atoms with E-state index in [-0.39, 0.29) is 45.6 Å². The Kier molecular flexibility index (Phi) is 5.92. The van der Waals surface area contributed by atoms with Crippen LogP contribution in [-0.4, -0.2) is 40.2 Å². The van der Waals surface area contributed by atoms with E-state index < -0.39 is 29.7 Å². The van der Waals surface area contributed by atoms with Gasteiger partial charge in [0.1, 0.15) is 6.07 Å². The number of hydrazone groups is 1. The molecule has 0 unspecified atom stereocenters. The third kappa shape index (κ3) is 3.92. The minimum Gasteiger partial charge on any atom is -0.449 e. The minimum atomic E-state index is -0.678. The molecule has 11 heteroatoms. The van der Waals surface area contributed by atoms with Crippen molar-refractivity contribution in [2.75, 3.05) is 5.01 Å². The number of nitrogens with zero attached hydrogens (tertiary/aromatic N) is 4. The highest BCUT2D eigenvalue weighted by Crippen LogP contribution is 2.39. The lowest BCUT2D eigenvalue weighted by Crippen LogP contribution is -2.45. The van der Waals surface area contributed by atoms with Gasteiger partial charge in [-0.05, 0) is 32.1 Å². The van der Waals surface area contributed by atoms with Gasteiger partial charge in [0.05, 0.1) is 22.2 Å². The van der Waals surface area contributed by atoms with Crippen LogP contribution in [0, 0.1) is 11.3 Å². The number of nitriles is 1. The Hall–Kier alpha value is -3.22. The monoisotopic (exact) mass is 448 g/mol. The Morgan fingerprint density at radius 3 is 2.33 bits per heavy atom. The molecule has 2 heterocycles. The number of carbonyl (C=O) groups excluding carboxylic acids is 4. The number of benzene rings is 1. The van der Waals surface area contributed by atoms with E-state index in [1.807, 2.05) is 0 Å². The van der Waals surface area contributed by atoms with Gasteiger partial charge in [-0.25, -0.2) is 0 Å². The molecule has 154 valence electrons. The summed E-state index contributed by atoms with van der Waals surface area (Å²) in [6.45, 7) is 3.40. The lowest BCUT2D eigenvalue weighted by molar-refractivity contribution is -0.146. The van der Waals surface area contributed by atoms with Crippen LogP contribution >= 0.6 is 23.2 Å². The molecule has 0 aliphatic carbocycles. The van der Waals surface area contributed by atoms with Crippen LogP contribution in [0.3, 0.4) is 0 Å². The van der Waals surface area contributed by atoms with Gasteiger partial charge in [0.25, 0.3) is 11.8 Å². The molecule has 0 atom stereocenters. The maximum atomic E-state index is 12.6. The molecule has 3 amide bonds. The summed E-state index contributed by atoms with van der Waals surface area (Å²) >= 11 is 12.5. The first-order valence-corrected chi connectivity index (χ1v) is 9.48. The molecule has 1 aromatic rings. The second-order valence-electron chi connectivity index (χ2n) is 6.64. The number of ketones is 1. The molecule has 30 heavy (non-hydrogen) atoms. The van der Waals surface area contributed by atoms with E-state index in [1.54, 1.807) is 19.9 Å². The van der Waals surface area contributed by atoms with Gasteiger partial charge in [-0.15, -0.1) is 0 Å². The highest BCUT2D eigenvalue weighted by atomic mass is 35.5. The fraction of sp³-hybridized carbons (Fsp3) is 0.263. The third-order valence-electron chi connectivity index (χ3n) is 4.23. The van der Waals surface area contributed by atoms with Crippen LogP contribution in [0.15, 0.2) is 29.1 Å². The predicted molar refractivity (Wildman–Crippen MR) is 107 cm³/mol. The van der Waals surface area contributed by atoms with Crippen LogP contribution in [0.2, 0.25) is 10.0 Å². The van der Waals surface area contributed by atoms with Gasteiger partial charge < -0.3 is 4.74 Å². The summed E-state index contributed by atoms with van der Waals surface area (Å²) in [7, 11) is 0. The van der Waals surface area contributed by atoms with Crippen molar-refractivity contribution in [1.82, 2.24) is 4.90 Å². The zero-order valence-electron chi connectivity index (χ0n) is 15.8. The zero-order chi connectivity index (χ0) is 22.2. The normalized spacial score (nSPS) is 17.2. The number of hydrogen-bond acceptors (Lipinski definition) is 7. The number of halogens is 2. The molecule has 0 fully saturated rings. The molecule has 1 aromatic carbocycles. The third-order valence-corrected chi connectivity index (χ3v) is 4.80. The lowest BCUT2D eigenvalue weighted by Gasteiger charge is -2.28. The van der Waals surface area contributed by atoms with E-state index in [2.05, 4.69) is 5.10 Å². The van der Waals surface area contributed by atoms with Gasteiger partial charge in [-0.2, -0.15) is 15.4 Å². The van der Waals surface area contributed by atoms with E-state index in [1.165, 1.54) is 18.2 Å². The Bertz CT molecular complexity index is 1060. The van der Waals surface area contributed by atoms with E-state index in [9.17, 15) is 19.2 Å². The summed E-state index contributed by atoms with van der Waals surface area (Å²) in [6, 6.07) is 3.87. The van der Waals surface area contributed by atoms with Crippen LogP contribution in [-0.2, 0) is 19.2 Å². The second-order valence-corrected chi connectivity index (χ2v) is 7.46. The van der Waals surface area contributed by atoms with Crippen LogP contribution in [0.25, 0.3) is 0 Å². The topological polar surface area (TPSA) is 120 Å². The molecule has 3 rings (SSSR count). The van der Waals surface area contributed by atoms with E-state index in [0.29, 0.717) is 0 Å². The van der Waals surface area contributed by atoms with E-state index >= 15 is 0 Å². The smallest absolute Gasteiger partial charge is 0.296 e. The van der Waals surface area contributed by atoms with Crippen LogP contribution in [0.4, 0.5) is 5.69 Å². The molecule has 0 aromatic heterocycles. The quantitative estimate of drug-likeness (QED) is 0.515. The maximum Gasteiger partial charge on any atom is 0.296 e. The SMILES string of the molecule is CC(C)N1C(=O)CC=C(Oc2c(Cl)cc(N3N=C(C#N)C(=O)CC3=O)cc2Cl)C1=O. The Balaban J connectivity index is 1.93. The number of Topliss-reactive ketones (excluding diaryl/α,β-unsaturated/α-hetero) is 1. The number of rotatable bonds is 4. The summed E-state index contributed by atoms with van der Waals surface area (Å²) in [6.07, 6.45) is 0.808. The van der Waals surface area contributed by atoms with Gasteiger partial charge >= 0.3 is 0 Å². The summed E-state index contributed by atoms with van der Waals surface area (Å²) in [5.41, 5.74) is -0.302. The first-order chi connectivity index (χ1) is 14.1. The number of ether oxygens (including phenoxy) is 1. The highest BCUT2D eigenvalue weighted by molar-refractivity contribution is 6.50. The number of amides is 3. The predicted octanol–water partition coefficient (Wildman–Crippen LogP) is 2.61. The van der Waals surface area contributed by atoms with Crippen molar-refractivity contribution < 1.29 is 23.9 Å². The van der Waals surface area contributed by atoms with Crippen LogP contribution in [0.5, 0.6) is 5.75 Å². The molecule has 0 spiro atoms. The van der Waals surface area contributed by atoms with Gasteiger partial charge in [0, 0.05) is 12.5 Å². The Morgan fingerprint density at radius 2 is 1.77 bits per heavy atom. The first-order valence-electron chi connectivity index (χ1n) is 8.72. The summed E-state index contributed by atoms with van der Waals surface area (Å²) in [4.78, 5) is 49.3. The Morgan fingerprint density at radius 1 is 1.13 bits per heavy atom. The van der Waals surface area contributed by atoms with E-state index in [4.69, 9.17) is 33.2 Å². The molecule has 2 aliphatic heterocycles. The zero-order valence-corrected chi connectivity index (χ0v) is 17.3. The van der Waals surface area contributed by atoms with Crippen molar-refractivity contribution in [3.8, 4) is 11.8 Å². The largest absolute Gasteiger partial charge is 0.449 e. The fourth-order valence-electron chi connectivity index (χ4n) is 2.88. The molecule has 0 bridgehead atoms. The van der Waals surface area contributed by atoms with Crippen molar-refractivity contribution in [3.63, 3.8) is 0 Å². The van der Waals surface area contributed by atoms with Gasteiger partial charge in [-0.3, -0.25) is 24.1 Å². The van der Waals surface area contributed by atoms with Gasteiger partial charge in [-0.1, -0.05) is 23.2 Å². The lowest BCUT2D eigenvalue weighted by atomic mass is 10.1. The molecule has 0 radical (unpaired) electrons. The molecular formula is C19H14Cl2N4O5. The van der Waals surface area contributed by atoms with Crippen molar-refractivity contribution in [1.29, 1.82) is 5.26 Å². The average molecular weight is 449 g/mol. The first kappa shape index (κ1) is 21.5. The highest BCUT2D eigenvalue weighted by Gasteiger charge is 2.33. The number of anilines is 1.